The van der Waals surface area contributed by atoms with E-state index in [1.807, 2.05) is 12.4 Å². The van der Waals surface area contributed by atoms with Gasteiger partial charge in [-0.25, -0.2) is 0 Å². The molecule has 0 amide bonds. The van der Waals surface area contributed by atoms with Crippen molar-refractivity contribution in [2.45, 2.75) is 33.0 Å². The second-order valence-electron chi connectivity index (χ2n) is 3.92. The van der Waals surface area contributed by atoms with Crippen LogP contribution in [0.25, 0.3) is 0 Å². The van der Waals surface area contributed by atoms with Crippen LogP contribution in [0.1, 0.15) is 31.1 Å². The predicted octanol–water partition coefficient (Wildman–Crippen LogP) is 2.08. The lowest BCUT2D eigenvalue weighted by atomic mass is 10.2. The summed E-state index contributed by atoms with van der Waals surface area (Å²) in [5.41, 5.74) is 2.51. The molecule has 2 heterocycles. The van der Waals surface area contributed by atoms with E-state index in [0.717, 1.165) is 13.1 Å². The molecule has 0 spiro atoms. The molecule has 0 fully saturated rings. The number of aromatic amines is 1. The van der Waals surface area contributed by atoms with Crippen LogP contribution in [0.2, 0.25) is 0 Å². The zero-order valence-electron chi connectivity index (χ0n) is 9.77. The lowest BCUT2D eigenvalue weighted by molar-refractivity contribution is 0.550. The molecule has 2 rings (SSSR count). The first-order valence-electron chi connectivity index (χ1n) is 5.67. The van der Waals surface area contributed by atoms with Gasteiger partial charge in [-0.15, -0.1) is 0 Å². The van der Waals surface area contributed by atoms with Crippen LogP contribution < -0.4 is 5.32 Å². The SMILES string of the molecule is CCn1cccc1CNC(C)c1cn[nH]c1. The molecule has 16 heavy (non-hydrogen) atoms. The van der Waals surface area contributed by atoms with Crippen molar-refractivity contribution < 1.29 is 0 Å². The van der Waals surface area contributed by atoms with Crippen molar-refractivity contribution in [1.82, 2.24) is 20.1 Å². The molecule has 4 heteroatoms. The van der Waals surface area contributed by atoms with Gasteiger partial charge in [0.2, 0.25) is 0 Å². The van der Waals surface area contributed by atoms with Crippen molar-refractivity contribution in [1.29, 1.82) is 0 Å². The zero-order chi connectivity index (χ0) is 11.4. The van der Waals surface area contributed by atoms with E-state index in [1.165, 1.54) is 11.3 Å². The number of hydrogen-bond acceptors (Lipinski definition) is 2. The Balaban J connectivity index is 1.92. The molecule has 0 aromatic carbocycles. The van der Waals surface area contributed by atoms with E-state index in [1.54, 1.807) is 0 Å². The van der Waals surface area contributed by atoms with Gasteiger partial charge in [0.15, 0.2) is 0 Å². The predicted molar refractivity (Wildman–Crippen MR) is 63.9 cm³/mol. The lowest BCUT2D eigenvalue weighted by Gasteiger charge is -2.13. The van der Waals surface area contributed by atoms with Gasteiger partial charge >= 0.3 is 0 Å². The number of nitrogens with zero attached hydrogens (tertiary/aromatic N) is 2. The Morgan fingerprint density at radius 2 is 2.44 bits per heavy atom. The fraction of sp³-hybridized carbons (Fsp3) is 0.417. The Morgan fingerprint density at radius 3 is 3.12 bits per heavy atom. The molecule has 4 nitrogen and oxygen atoms in total. The third kappa shape index (κ3) is 2.33. The van der Waals surface area contributed by atoms with Gasteiger partial charge < -0.3 is 9.88 Å². The Bertz CT molecular complexity index is 416. The van der Waals surface area contributed by atoms with Crippen LogP contribution in [0.15, 0.2) is 30.7 Å². The van der Waals surface area contributed by atoms with Crippen molar-refractivity contribution in [3.63, 3.8) is 0 Å². The van der Waals surface area contributed by atoms with E-state index in [4.69, 9.17) is 0 Å². The van der Waals surface area contributed by atoms with E-state index in [2.05, 4.69) is 52.3 Å². The van der Waals surface area contributed by atoms with E-state index >= 15 is 0 Å². The smallest absolute Gasteiger partial charge is 0.0534 e. The maximum Gasteiger partial charge on any atom is 0.0534 e. The average molecular weight is 218 g/mol. The first-order valence-corrected chi connectivity index (χ1v) is 5.67. The van der Waals surface area contributed by atoms with E-state index < -0.39 is 0 Å². The standard InChI is InChI=1S/C12H18N4/c1-3-16-6-4-5-12(16)9-13-10(2)11-7-14-15-8-11/h4-8,10,13H,3,9H2,1-2H3,(H,14,15). The first kappa shape index (κ1) is 11.0. The van der Waals surface area contributed by atoms with Gasteiger partial charge in [-0.05, 0) is 26.0 Å². The fourth-order valence-corrected chi connectivity index (χ4v) is 1.79. The topological polar surface area (TPSA) is 45.6 Å². The van der Waals surface area contributed by atoms with Crippen molar-refractivity contribution in [2.24, 2.45) is 0 Å². The summed E-state index contributed by atoms with van der Waals surface area (Å²) < 4.78 is 2.25. The Morgan fingerprint density at radius 1 is 1.56 bits per heavy atom. The molecule has 0 aliphatic carbocycles. The molecule has 0 bridgehead atoms. The number of hydrogen-bond donors (Lipinski definition) is 2. The largest absolute Gasteiger partial charge is 0.351 e. The van der Waals surface area contributed by atoms with Crippen molar-refractivity contribution in [3.05, 3.63) is 42.0 Å². The Hall–Kier alpha value is -1.55. The normalized spacial score (nSPS) is 12.9. The fourth-order valence-electron chi connectivity index (χ4n) is 1.79. The third-order valence-electron chi connectivity index (χ3n) is 2.87. The minimum Gasteiger partial charge on any atom is -0.351 e. The monoisotopic (exact) mass is 218 g/mol. The average Bonchev–Trinajstić information content (AvgIpc) is 2.96. The van der Waals surface area contributed by atoms with Gasteiger partial charge in [0.1, 0.15) is 0 Å². The molecule has 0 aliphatic heterocycles. The van der Waals surface area contributed by atoms with Crippen LogP contribution in [-0.2, 0) is 13.1 Å². The molecular weight excluding hydrogens is 200 g/mol. The van der Waals surface area contributed by atoms with Gasteiger partial charge in [-0.2, -0.15) is 5.10 Å². The second-order valence-corrected chi connectivity index (χ2v) is 3.92. The molecular formula is C12H18N4. The number of H-pyrrole nitrogens is 1. The lowest BCUT2D eigenvalue weighted by Crippen LogP contribution is -2.19. The molecule has 0 aliphatic rings. The highest BCUT2D eigenvalue weighted by atomic mass is 15.1. The summed E-state index contributed by atoms with van der Waals surface area (Å²) in [6.07, 6.45) is 5.90. The summed E-state index contributed by atoms with van der Waals surface area (Å²) in [5, 5.41) is 10.3. The molecule has 0 saturated carbocycles. The maximum atomic E-state index is 3.95. The van der Waals surface area contributed by atoms with E-state index in [-0.39, 0.29) is 0 Å². The molecule has 2 aromatic rings. The van der Waals surface area contributed by atoms with Gasteiger partial charge in [-0.1, -0.05) is 0 Å². The first-order chi connectivity index (χ1) is 7.81. The van der Waals surface area contributed by atoms with Gasteiger partial charge in [-0.3, -0.25) is 5.10 Å². The van der Waals surface area contributed by atoms with Gasteiger partial charge in [0, 0.05) is 42.8 Å². The maximum absolute atomic E-state index is 3.95. The van der Waals surface area contributed by atoms with Crippen molar-refractivity contribution in [2.75, 3.05) is 0 Å². The highest BCUT2D eigenvalue weighted by Gasteiger charge is 2.06. The van der Waals surface area contributed by atoms with Gasteiger partial charge in [0.05, 0.1) is 6.20 Å². The molecule has 0 radical (unpaired) electrons. The minimum absolute atomic E-state index is 0.318. The number of nitrogens with one attached hydrogen (secondary N) is 2. The van der Waals surface area contributed by atoms with Crippen LogP contribution >= 0.6 is 0 Å². The summed E-state index contributed by atoms with van der Waals surface area (Å²) >= 11 is 0. The second kappa shape index (κ2) is 4.99. The highest BCUT2D eigenvalue weighted by molar-refractivity contribution is 5.10. The quantitative estimate of drug-likeness (QED) is 0.807. The summed E-state index contributed by atoms with van der Waals surface area (Å²) in [6.45, 7) is 6.20. The molecule has 2 N–H and O–H groups in total. The van der Waals surface area contributed by atoms with Crippen LogP contribution in [-0.4, -0.2) is 14.8 Å². The van der Waals surface area contributed by atoms with Crippen LogP contribution in [0.4, 0.5) is 0 Å². The zero-order valence-corrected chi connectivity index (χ0v) is 9.77. The molecule has 1 atom stereocenters. The third-order valence-corrected chi connectivity index (χ3v) is 2.87. The summed E-state index contributed by atoms with van der Waals surface area (Å²) in [4.78, 5) is 0. The van der Waals surface area contributed by atoms with Crippen LogP contribution in [0, 0.1) is 0 Å². The summed E-state index contributed by atoms with van der Waals surface area (Å²) in [6, 6.07) is 4.56. The molecule has 86 valence electrons. The Labute approximate surface area is 95.7 Å². The van der Waals surface area contributed by atoms with E-state index in [9.17, 15) is 0 Å². The number of aromatic nitrogens is 3. The van der Waals surface area contributed by atoms with E-state index in [0.29, 0.717) is 6.04 Å². The van der Waals surface area contributed by atoms with Crippen LogP contribution in [0.3, 0.4) is 0 Å². The Kier molecular flexibility index (Phi) is 3.41. The van der Waals surface area contributed by atoms with Crippen molar-refractivity contribution >= 4 is 0 Å². The van der Waals surface area contributed by atoms with Gasteiger partial charge in [0.25, 0.3) is 0 Å². The van der Waals surface area contributed by atoms with Crippen LogP contribution in [0.5, 0.6) is 0 Å². The summed E-state index contributed by atoms with van der Waals surface area (Å²) in [5.74, 6) is 0. The summed E-state index contributed by atoms with van der Waals surface area (Å²) in [7, 11) is 0. The number of aryl methyl sites for hydroxylation is 1. The molecule has 1 unspecified atom stereocenters. The van der Waals surface area contributed by atoms with Crippen molar-refractivity contribution in [3.8, 4) is 0 Å². The molecule has 2 aromatic heterocycles. The molecule has 0 saturated heterocycles. The number of rotatable bonds is 5. The minimum atomic E-state index is 0.318. The highest BCUT2D eigenvalue weighted by Crippen LogP contribution is 2.10.